The molecule has 1 saturated heterocycles. The van der Waals surface area contributed by atoms with Crippen molar-refractivity contribution in [1.29, 1.82) is 0 Å². The van der Waals surface area contributed by atoms with Gasteiger partial charge in [-0.1, -0.05) is 6.07 Å². The van der Waals surface area contributed by atoms with Gasteiger partial charge in [0.15, 0.2) is 0 Å². The predicted molar refractivity (Wildman–Crippen MR) is 87.2 cm³/mol. The monoisotopic (exact) mass is 319 g/mol. The molecule has 1 aliphatic rings. The number of nitrogens with zero attached hydrogens (tertiary/aromatic N) is 2. The van der Waals surface area contributed by atoms with Gasteiger partial charge in [0, 0.05) is 36.4 Å². The van der Waals surface area contributed by atoms with E-state index in [9.17, 15) is 8.42 Å². The Labute approximate surface area is 131 Å². The summed E-state index contributed by atoms with van der Waals surface area (Å²) in [7, 11) is -3.50. The Morgan fingerprint density at radius 1 is 1.18 bits per heavy atom. The lowest BCUT2D eigenvalue weighted by molar-refractivity contribution is 0.286. The Morgan fingerprint density at radius 2 is 2.00 bits per heavy atom. The molecular weight excluding hydrogens is 298 g/mol. The van der Waals surface area contributed by atoms with Crippen LogP contribution in [-0.4, -0.2) is 42.9 Å². The molecule has 6 heteroatoms. The first-order valence-electron chi connectivity index (χ1n) is 7.58. The fraction of sp³-hybridized carbons (Fsp3) is 0.438. The van der Waals surface area contributed by atoms with Gasteiger partial charge in [-0.25, -0.2) is 8.42 Å². The fourth-order valence-corrected chi connectivity index (χ4v) is 4.98. The van der Waals surface area contributed by atoms with E-state index in [1.807, 2.05) is 26.0 Å². The van der Waals surface area contributed by atoms with E-state index >= 15 is 0 Å². The number of benzene rings is 1. The Morgan fingerprint density at radius 3 is 2.82 bits per heavy atom. The predicted octanol–water partition coefficient (Wildman–Crippen LogP) is 2.00. The standard InChI is InChI=1S/C16H21N3O2S/c1-12-5-7-17-10-13(2)19(12)22(20,21)16-4-3-15-11-18-8-6-14(15)9-16/h3-4,6,8-9,11-13,17H,5,7,10H2,1-2H3. The van der Waals surface area contributed by atoms with E-state index in [2.05, 4.69) is 10.3 Å². The van der Waals surface area contributed by atoms with Gasteiger partial charge < -0.3 is 5.32 Å². The number of fused-ring (bicyclic) bond motifs is 1. The largest absolute Gasteiger partial charge is 0.315 e. The summed E-state index contributed by atoms with van der Waals surface area (Å²) in [5.74, 6) is 0. The van der Waals surface area contributed by atoms with E-state index in [0.29, 0.717) is 11.4 Å². The maximum absolute atomic E-state index is 13.1. The topological polar surface area (TPSA) is 62.3 Å². The lowest BCUT2D eigenvalue weighted by atomic mass is 10.2. The molecular formula is C16H21N3O2S. The van der Waals surface area contributed by atoms with Crippen LogP contribution >= 0.6 is 0 Å². The van der Waals surface area contributed by atoms with Gasteiger partial charge in [-0.15, -0.1) is 0 Å². The molecule has 5 nitrogen and oxygen atoms in total. The Hall–Kier alpha value is -1.50. The average molecular weight is 319 g/mol. The number of sulfonamides is 1. The summed E-state index contributed by atoms with van der Waals surface area (Å²) < 4.78 is 27.8. The van der Waals surface area contributed by atoms with Crippen molar-refractivity contribution in [2.24, 2.45) is 0 Å². The average Bonchev–Trinajstić information content (AvgIpc) is 2.67. The molecule has 22 heavy (non-hydrogen) atoms. The molecule has 1 aliphatic heterocycles. The van der Waals surface area contributed by atoms with Gasteiger partial charge in [-0.3, -0.25) is 4.98 Å². The molecule has 2 atom stereocenters. The fourth-order valence-electron chi connectivity index (χ4n) is 3.09. The number of pyridine rings is 1. The number of rotatable bonds is 2. The van der Waals surface area contributed by atoms with E-state index in [4.69, 9.17) is 0 Å². The van der Waals surface area contributed by atoms with E-state index in [1.165, 1.54) is 0 Å². The Balaban J connectivity index is 2.06. The summed E-state index contributed by atoms with van der Waals surface area (Å²) in [5.41, 5.74) is 0. The molecule has 0 amide bonds. The molecule has 118 valence electrons. The van der Waals surface area contributed by atoms with Gasteiger partial charge in [-0.2, -0.15) is 4.31 Å². The van der Waals surface area contributed by atoms with Gasteiger partial charge in [0.2, 0.25) is 10.0 Å². The summed E-state index contributed by atoms with van der Waals surface area (Å²) in [6.45, 7) is 5.46. The van der Waals surface area contributed by atoms with Crippen LogP contribution in [-0.2, 0) is 10.0 Å². The molecule has 0 spiro atoms. The van der Waals surface area contributed by atoms with Crippen molar-refractivity contribution in [1.82, 2.24) is 14.6 Å². The van der Waals surface area contributed by atoms with Gasteiger partial charge in [-0.05, 0) is 50.4 Å². The van der Waals surface area contributed by atoms with E-state index in [0.717, 1.165) is 23.7 Å². The van der Waals surface area contributed by atoms with Crippen molar-refractivity contribution in [2.75, 3.05) is 13.1 Å². The third-order valence-electron chi connectivity index (χ3n) is 4.23. The van der Waals surface area contributed by atoms with Gasteiger partial charge in [0.05, 0.1) is 4.90 Å². The molecule has 0 bridgehead atoms. The van der Waals surface area contributed by atoms with E-state index in [-0.39, 0.29) is 12.1 Å². The van der Waals surface area contributed by atoms with Crippen LogP contribution in [0.15, 0.2) is 41.6 Å². The second kappa shape index (κ2) is 5.95. The van der Waals surface area contributed by atoms with E-state index < -0.39 is 10.0 Å². The van der Waals surface area contributed by atoms with Gasteiger partial charge in [0.1, 0.15) is 0 Å². The van der Waals surface area contributed by atoms with Crippen molar-refractivity contribution in [3.05, 3.63) is 36.7 Å². The van der Waals surface area contributed by atoms with Crippen LogP contribution in [0.25, 0.3) is 10.8 Å². The zero-order valence-corrected chi connectivity index (χ0v) is 13.7. The normalized spacial score (nSPS) is 24.3. The highest BCUT2D eigenvalue weighted by molar-refractivity contribution is 7.89. The van der Waals surface area contributed by atoms with Crippen LogP contribution in [0.3, 0.4) is 0 Å². The molecule has 0 aliphatic carbocycles. The van der Waals surface area contributed by atoms with Crippen molar-refractivity contribution in [3.8, 4) is 0 Å². The third-order valence-corrected chi connectivity index (χ3v) is 6.36. The summed E-state index contributed by atoms with van der Waals surface area (Å²) in [4.78, 5) is 4.42. The Bertz CT molecular complexity index is 764. The summed E-state index contributed by atoms with van der Waals surface area (Å²) in [6.07, 6.45) is 4.24. The molecule has 1 aromatic carbocycles. The molecule has 2 heterocycles. The zero-order valence-electron chi connectivity index (χ0n) is 12.9. The second-order valence-electron chi connectivity index (χ2n) is 5.91. The molecule has 1 fully saturated rings. The van der Waals surface area contributed by atoms with Crippen molar-refractivity contribution in [2.45, 2.75) is 37.2 Å². The van der Waals surface area contributed by atoms with Crippen molar-refractivity contribution >= 4 is 20.8 Å². The van der Waals surface area contributed by atoms with Gasteiger partial charge >= 0.3 is 0 Å². The first-order valence-corrected chi connectivity index (χ1v) is 9.02. The van der Waals surface area contributed by atoms with Crippen LogP contribution < -0.4 is 5.32 Å². The van der Waals surface area contributed by atoms with Crippen LogP contribution in [0, 0.1) is 0 Å². The third kappa shape index (κ3) is 2.74. The second-order valence-corrected chi connectivity index (χ2v) is 7.75. The molecule has 2 unspecified atom stereocenters. The minimum absolute atomic E-state index is 0.0110. The van der Waals surface area contributed by atoms with Crippen molar-refractivity contribution in [3.63, 3.8) is 0 Å². The minimum Gasteiger partial charge on any atom is -0.315 e. The highest BCUT2D eigenvalue weighted by Gasteiger charge is 2.34. The number of aromatic nitrogens is 1. The highest BCUT2D eigenvalue weighted by Crippen LogP contribution is 2.26. The molecule has 1 N–H and O–H groups in total. The highest BCUT2D eigenvalue weighted by atomic mass is 32.2. The lowest BCUT2D eigenvalue weighted by Gasteiger charge is -2.31. The van der Waals surface area contributed by atoms with Crippen molar-refractivity contribution < 1.29 is 8.42 Å². The number of hydrogen-bond acceptors (Lipinski definition) is 4. The Kier molecular flexibility index (Phi) is 4.16. The summed E-state index contributed by atoms with van der Waals surface area (Å²) in [6, 6.07) is 7.01. The molecule has 1 aromatic heterocycles. The minimum atomic E-state index is -3.50. The quantitative estimate of drug-likeness (QED) is 0.919. The molecule has 3 rings (SSSR count). The van der Waals surface area contributed by atoms with Gasteiger partial charge in [0.25, 0.3) is 0 Å². The van der Waals surface area contributed by atoms with Crippen LogP contribution in [0.5, 0.6) is 0 Å². The molecule has 0 saturated carbocycles. The van der Waals surface area contributed by atoms with E-state index in [1.54, 1.807) is 28.8 Å². The SMILES string of the molecule is CC1CCNCC(C)N1S(=O)(=O)c1ccc2cnccc2c1. The maximum Gasteiger partial charge on any atom is 0.243 e. The first-order chi connectivity index (χ1) is 10.5. The van der Waals surface area contributed by atoms with Crippen LogP contribution in [0.1, 0.15) is 20.3 Å². The zero-order chi connectivity index (χ0) is 15.7. The smallest absolute Gasteiger partial charge is 0.243 e. The number of hydrogen-bond donors (Lipinski definition) is 1. The lowest BCUT2D eigenvalue weighted by Crippen LogP contribution is -2.45. The summed E-state index contributed by atoms with van der Waals surface area (Å²) in [5, 5.41) is 5.13. The van der Waals surface area contributed by atoms with Crippen LogP contribution in [0.4, 0.5) is 0 Å². The van der Waals surface area contributed by atoms with Crippen LogP contribution in [0.2, 0.25) is 0 Å². The molecule has 0 radical (unpaired) electrons. The molecule has 2 aromatic rings. The number of nitrogens with one attached hydrogen (secondary N) is 1. The first kappa shape index (κ1) is 15.4. The maximum atomic E-state index is 13.1. The summed E-state index contributed by atoms with van der Waals surface area (Å²) >= 11 is 0.